The minimum atomic E-state index is 0.601. The third kappa shape index (κ3) is 3.86. The molecule has 0 aliphatic heterocycles. The van der Waals surface area contributed by atoms with Crippen molar-refractivity contribution in [2.75, 3.05) is 13.6 Å². The molecule has 0 amide bonds. The number of H-pyrrole nitrogens is 1. The summed E-state index contributed by atoms with van der Waals surface area (Å²) in [6, 6.07) is 16.2. The number of hydrogen-bond acceptors (Lipinski definition) is 3. The van der Waals surface area contributed by atoms with Crippen molar-refractivity contribution >= 4 is 28.0 Å². The normalized spacial score (nSPS) is 12.0. The van der Waals surface area contributed by atoms with Gasteiger partial charge in [0.25, 0.3) is 0 Å². The molecule has 0 saturated carbocycles. The first kappa shape index (κ1) is 18.1. The van der Waals surface area contributed by atoms with Crippen LogP contribution < -0.4 is 10.6 Å². The van der Waals surface area contributed by atoms with Crippen LogP contribution in [0, 0.1) is 6.92 Å². The first-order chi connectivity index (χ1) is 13.7. The SMILES string of the molecule is CN=C(NCCCc1nc2ccccc2[nH]1)NCc1oc2ccccc2c1C. The fourth-order valence-corrected chi connectivity index (χ4v) is 3.36. The number of furan rings is 1. The highest BCUT2D eigenvalue weighted by molar-refractivity contribution is 5.83. The number of rotatable bonds is 6. The Bertz CT molecular complexity index is 1080. The lowest BCUT2D eigenvalue weighted by Gasteiger charge is -2.11. The number of fused-ring (bicyclic) bond motifs is 2. The second-order valence-corrected chi connectivity index (χ2v) is 6.80. The number of aromatic nitrogens is 2. The average molecular weight is 375 g/mol. The van der Waals surface area contributed by atoms with E-state index < -0.39 is 0 Å². The van der Waals surface area contributed by atoms with Crippen molar-refractivity contribution < 1.29 is 4.42 Å². The van der Waals surface area contributed by atoms with E-state index >= 15 is 0 Å². The van der Waals surface area contributed by atoms with Gasteiger partial charge in [0.1, 0.15) is 17.2 Å². The maximum Gasteiger partial charge on any atom is 0.191 e. The molecular weight excluding hydrogens is 350 g/mol. The predicted molar refractivity (Wildman–Crippen MR) is 114 cm³/mol. The van der Waals surface area contributed by atoms with Crippen LogP contribution in [0.25, 0.3) is 22.0 Å². The highest BCUT2D eigenvalue weighted by atomic mass is 16.3. The van der Waals surface area contributed by atoms with Crippen molar-refractivity contribution in [3.8, 4) is 0 Å². The Labute approximate surface area is 164 Å². The average Bonchev–Trinajstić information content (AvgIpc) is 3.28. The topological polar surface area (TPSA) is 78.2 Å². The molecule has 0 aliphatic rings. The molecule has 0 aliphatic carbocycles. The second kappa shape index (κ2) is 8.17. The Morgan fingerprint density at radius 1 is 1.11 bits per heavy atom. The number of para-hydroxylation sites is 3. The number of imidazole rings is 1. The summed E-state index contributed by atoms with van der Waals surface area (Å²) in [5, 5.41) is 7.84. The minimum Gasteiger partial charge on any atom is -0.459 e. The van der Waals surface area contributed by atoms with Gasteiger partial charge in [0.2, 0.25) is 0 Å². The van der Waals surface area contributed by atoms with Gasteiger partial charge in [-0.05, 0) is 31.5 Å². The third-order valence-corrected chi connectivity index (χ3v) is 4.90. The molecule has 4 aromatic rings. The summed E-state index contributed by atoms with van der Waals surface area (Å²) in [4.78, 5) is 12.3. The maximum absolute atomic E-state index is 5.95. The fourth-order valence-electron chi connectivity index (χ4n) is 3.36. The van der Waals surface area contributed by atoms with Gasteiger partial charge >= 0.3 is 0 Å². The smallest absolute Gasteiger partial charge is 0.191 e. The first-order valence-electron chi connectivity index (χ1n) is 9.60. The van der Waals surface area contributed by atoms with Crippen molar-refractivity contribution in [3.63, 3.8) is 0 Å². The number of hydrogen-bond donors (Lipinski definition) is 3. The van der Waals surface area contributed by atoms with E-state index in [0.29, 0.717) is 6.54 Å². The number of guanidine groups is 1. The number of benzene rings is 2. The number of aryl methyl sites for hydroxylation is 2. The van der Waals surface area contributed by atoms with Gasteiger partial charge in [-0.3, -0.25) is 4.99 Å². The number of aromatic amines is 1. The van der Waals surface area contributed by atoms with Crippen molar-refractivity contribution in [2.24, 2.45) is 4.99 Å². The van der Waals surface area contributed by atoms with Crippen molar-refractivity contribution in [3.05, 3.63) is 65.7 Å². The Hall–Kier alpha value is -3.28. The van der Waals surface area contributed by atoms with Crippen LogP contribution in [-0.2, 0) is 13.0 Å². The van der Waals surface area contributed by atoms with E-state index in [2.05, 4.69) is 44.7 Å². The summed E-state index contributed by atoms with van der Waals surface area (Å²) in [6.07, 6.45) is 1.85. The first-order valence-corrected chi connectivity index (χ1v) is 9.60. The highest BCUT2D eigenvalue weighted by Crippen LogP contribution is 2.24. The molecule has 28 heavy (non-hydrogen) atoms. The highest BCUT2D eigenvalue weighted by Gasteiger charge is 2.10. The Kier molecular flexibility index (Phi) is 5.28. The summed E-state index contributed by atoms with van der Waals surface area (Å²) in [7, 11) is 1.78. The van der Waals surface area contributed by atoms with Gasteiger partial charge in [-0.15, -0.1) is 0 Å². The van der Waals surface area contributed by atoms with Crippen LogP contribution in [0.1, 0.15) is 23.6 Å². The number of nitrogens with one attached hydrogen (secondary N) is 3. The lowest BCUT2D eigenvalue weighted by molar-refractivity contribution is 0.534. The van der Waals surface area contributed by atoms with Crippen LogP contribution in [0.15, 0.2) is 57.9 Å². The summed E-state index contributed by atoms with van der Waals surface area (Å²) < 4.78 is 5.95. The van der Waals surface area contributed by atoms with Gasteiger partial charge in [0, 0.05) is 31.0 Å². The molecule has 6 nitrogen and oxygen atoms in total. The molecule has 2 heterocycles. The van der Waals surface area contributed by atoms with E-state index in [0.717, 1.165) is 58.9 Å². The standard InChI is InChI=1S/C22H25N5O/c1-15-16-8-3-6-11-19(16)28-20(15)14-25-22(23-2)24-13-7-12-21-26-17-9-4-5-10-18(17)27-21/h3-6,8-11H,7,12-14H2,1-2H3,(H,26,27)(H2,23,24,25). The molecule has 0 unspecified atom stereocenters. The van der Waals surface area contributed by atoms with Crippen molar-refractivity contribution in [1.82, 2.24) is 20.6 Å². The quantitative estimate of drug-likeness (QED) is 0.271. The molecule has 0 atom stereocenters. The Balaban J connectivity index is 1.27. The van der Waals surface area contributed by atoms with Crippen molar-refractivity contribution in [2.45, 2.75) is 26.3 Å². The molecule has 2 aromatic carbocycles. The van der Waals surface area contributed by atoms with Gasteiger partial charge in [-0.1, -0.05) is 30.3 Å². The largest absolute Gasteiger partial charge is 0.459 e. The zero-order chi connectivity index (χ0) is 19.3. The second-order valence-electron chi connectivity index (χ2n) is 6.80. The lowest BCUT2D eigenvalue weighted by atomic mass is 10.1. The molecule has 0 fully saturated rings. The van der Waals surface area contributed by atoms with Crippen molar-refractivity contribution in [1.29, 1.82) is 0 Å². The zero-order valence-electron chi connectivity index (χ0n) is 16.2. The van der Waals surface area contributed by atoms with Gasteiger partial charge in [0.05, 0.1) is 17.6 Å². The van der Waals surface area contributed by atoms with E-state index in [-0.39, 0.29) is 0 Å². The number of nitrogens with zero attached hydrogens (tertiary/aromatic N) is 2. The van der Waals surface area contributed by atoms with E-state index in [4.69, 9.17) is 4.42 Å². The van der Waals surface area contributed by atoms with Gasteiger partial charge in [-0.2, -0.15) is 0 Å². The molecule has 0 radical (unpaired) electrons. The Morgan fingerprint density at radius 3 is 2.75 bits per heavy atom. The molecule has 4 rings (SSSR count). The van der Waals surface area contributed by atoms with Crippen LogP contribution >= 0.6 is 0 Å². The maximum atomic E-state index is 5.95. The molecule has 6 heteroatoms. The van der Waals surface area contributed by atoms with Crippen LogP contribution in [0.4, 0.5) is 0 Å². The van der Waals surface area contributed by atoms with Crippen LogP contribution in [0.3, 0.4) is 0 Å². The van der Waals surface area contributed by atoms with E-state index in [1.165, 1.54) is 5.56 Å². The van der Waals surface area contributed by atoms with Gasteiger partial charge < -0.3 is 20.0 Å². The fraction of sp³-hybridized carbons (Fsp3) is 0.273. The molecule has 144 valence electrons. The minimum absolute atomic E-state index is 0.601. The van der Waals surface area contributed by atoms with E-state index in [1.807, 2.05) is 36.4 Å². The van der Waals surface area contributed by atoms with Crippen LogP contribution in [-0.4, -0.2) is 29.5 Å². The molecule has 0 saturated heterocycles. The van der Waals surface area contributed by atoms with Crippen LogP contribution in [0.5, 0.6) is 0 Å². The summed E-state index contributed by atoms with van der Waals surface area (Å²) >= 11 is 0. The van der Waals surface area contributed by atoms with Crippen LogP contribution in [0.2, 0.25) is 0 Å². The van der Waals surface area contributed by atoms with E-state index in [1.54, 1.807) is 7.05 Å². The molecule has 3 N–H and O–H groups in total. The summed E-state index contributed by atoms with van der Waals surface area (Å²) in [5.74, 6) is 2.72. The summed E-state index contributed by atoms with van der Waals surface area (Å²) in [5.41, 5.74) is 4.20. The Morgan fingerprint density at radius 2 is 1.93 bits per heavy atom. The molecule has 0 spiro atoms. The van der Waals surface area contributed by atoms with Gasteiger partial charge in [-0.25, -0.2) is 4.98 Å². The number of aliphatic imine (C=N–C) groups is 1. The lowest BCUT2D eigenvalue weighted by Crippen LogP contribution is -2.37. The predicted octanol–water partition coefficient (Wildman–Crippen LogP) is 3.92. The molecular formula is C22H25N5O. The van der Waals surface area contributed by atoms with E-state index in [9.17, 15) is 0 Å². The van der Waals surface area contributed by atoms with Gasteiger partial charge in [0.15, 0.2) is 5.96 Å². The molecule has 2 aromatic heterocycles. The third-order valence-electron chi connectivity index (χ3n) is 4.90. The zero-order valence-corrected chi connectivity index (χ0v) is 16.2. The molecule has 0 bridgehead atoms. The monoisotopic (exact) mass is 375 g/mol. The summed E-state index contributed by atoms with van der Waals surface area (Å²) in [6.45, 7) is 3.51.